The highest BCUT2D eigenvalue weighted by atomic mass is 32.2. The Morgan fingerprint density at radius 3 is 2.67 bits per heavy atom. The Morgan fingerprint density at radius 1 is 1.24 bits per heavy atom. The summed E-state index contributed by atoms with van der Waals surface area (Å²) >= 11 is 0. The minimum Gasteiger partial charge on any atom is -0.318 e. The SMILES string of the molecule is Cn1cccc(CNS(=O)(=O)c2ccccc2C#N)c1=O. The van der Waals surface area contributed by atoms with Gasteiger partial charge in [0.15, 0.2) is 0 Å². The average molecular weight is 303 g/mol. The molecule has 108 valence electrons. The standard InChI is InChI=1S/C14H13N3O3S/c1-17-8-4-6-12(14(17)18)10-16-21(19,20)13-7-3-2-5-11(13)9-15/h2-8,16H,10H2,1H3. The van der Waals surface area contributed by atoms with E-state index in [2.05, 4.69) is 4.72 Å². The minimum atomic E-state index is -3.85. The van der Waals surface area contributed by atoms with E-state index in [-0.39, 0.29) is 22.6 Å². The quantitative estimate of drug-likeness (QED) is 0.901. The van der Waals surface area contributed by atoms with E-state index in [0.717, 1.165) is 0 Å². The van der Waals surface area contributed by atoms with E-state index in [9.17, 15) is 13.2 Å². The summed E-state index contributed by atoms with van der Waals surface area (Å²) in [5, 5.41) is 8.95. The van der Waals surface area contributed by atoms with Gasteiger partial charge >= 0.3 is 0 Å². The van der Waals surface area contributed by atoms with E-state index in [1.54, 1.807) is 31.4 Å². The highest BCUT2D eigenvalue weighted by Gasteiger charge is 2.18. The van der Waals surface area contributed by atoms with Gasteiger partial charge in [-0.3, -0.25) is 4.79 Å². The first-order chi connectivity index (χ1) is 9.95. The van der Waals surface area contributed by atoms with E-state index in [1.807, 2.05) is 6.07 Å². The molecule has 0 radical (unpaired) electrons. The van der Waals surface area contributed by atoms with E-state index in [1.165, 1.54) is 22.8 Å². The fourth-order valence-electron chi connectivity index (χ4n) is 1.83. The molecule has 0 atom stereocenters. The number of benzene rings is 1. The summed E-state index contributed by atoms with van der Waals surface area (Å²) < 4.78 is 28.1. The van der Waals surface area contributed by atoms with Crippen LogP contribution in [0.1, 0.15) is 11.1 Å². The Bertz CT molecular complexity index is 864. The van der Waals surface area contributed by atoms with Gasteiger partial charge in [-0.25, -0.2) is 13.1 Å². The zero-order chi connectivity index (χ0) is 15.5. The molecule has 0 aliphatic rings. The zero-order valence-corrected chi connectivity index (χ0v) is 12.1. The monoisotopic (exact) mass is 303 g/mol. The molecular weight excluding hydrogens is 290 g/mol. The fourth-order valence-corrected chi connectivity index (χ4v) is 2.99. The van der Waals surface area contributed by atoms with Crippen LogP contribution in [0.2, 0.25) is 0 Å². The number of aromatic nitrogens is 1. The van der Waals surface area contributed by atoms with Gasteiger partial charge in [-0.1, -0.05) is 18.2 Å². The third kappa shape index (κ3) is 3.18. The number of nitrogens with one attached hydrogen (secondary N) is 1. The normalized spacial score (nSPS) is 11.0. The molecule has 0 amide bonds. The van der Waals surface area contributed by atoms with Crippen molar-refractivity contribution in [3.8, 4) is 6.07 Å². The molecule has 1 heterocycles. The van der Waals surface area contributed by atoms with Crippen LogP contribution in [-0.2, 0) is 23.6 Å². The third-order valence-corrected chi connectivity index (χ3v) is 4.41. The van der Waals surface area contributed by atoms with Crippen LogP contribution in [0.5, 0.6) is 0 Å². The zero-order valence-electron chi connectivity index (χ0n) is 11.3. The molecule has 1 aromatic carbocycles. The van der Waals surface area contributed by atoms with Gasteiger partial charge in [-0.05, 0) is 18.2 Å². The largest absolute Gasteiger partial charge is 0.318 e. The van der Waals surface area contributed by atoms with Crippen molar-refractivity contribution in [1.29, 1.82) is 5.26 Å². The topological polar surface area (TPSA) is 92.0 Å². The second-order valence-corrected chi connectivity index (χ2v) is 6.12. The molecule has 0 fully saturated rings. The number of aryl methyl sites for hydroxylation is 1. The van der Waals surface area contributed by atoms with Crippen LogP contribution in [0.15, 0.2) is 52.3 Å². The summed E-state index contributed by atoms with van der Waals surface area (Å²) in [7, 11) is -2.26. The smallest absolute Gasteiger partial charge is 0.254 e. The number of sulfonamides is 1. The number of rotatable bonds is 4. The maximum Gasteiger partial charge on any atom is 0.254 e. The van der Waals surface area contributed by atoms with Crippen molar-refractivity contribution >= 4 is 10.0 Å². The summed E-state index contributed by atoms with van der Waals surface area (Å²) in [5.41, 5.74) is 0.123. The Morgan fingerprint density at radius 2 is 1.95 bits per heavy atom. The maximum absolute atomic E-state index is 12.2. The molecule has 0 unspecified atom stereocenters. The molecule has 1 N–H and O–H groups in total. The number of pyridine rings is 1. The predicted octanol–water partition coefficient (Wildman–Crippen LogP) is 0.735. The molecule has 0 spiro atoms. The first-order valence-electron chi connectivity index (χ1n) is 6.09. The number of hydrogen-bond acceptors (Lipinski definition) is 4. The van der Waals surface area contributed by atoms with Crippen molar-refractivity contribution in [3.63, 3.8) is 0 Å². The Kier molecular flexibility index (Phi) is 4.21. The second-order valence-electron chi connectivity index (χ2n) is 4.38. The van der Waals surface area contributed by atoms with Gasteiger partial charge in [-0.15, -0.1) is 0 Å². The first-order valence-corrected chi connectivity index (χ1v) is 7.57. The van der Waals surface area contributed by atoms with E-state index >= 15 is 0 Å². The Hall–Kier alpha value is -2.43. The Balaban J connectivity index is 2.29. The van der Waals surface area contributed by atoms with Crippen LogP contribution in [0, 0.1) is 11.3 Å². The van der Waals surface area contributed by atoms with Gasteiger partial charge < -0.3 is 4.57 Å². The van der Waals surface area contributed by atoms with Crippen LogP contribution in [0.3, 0.4) is 0 Å². The summed E-state index contributed by atoms with van der Waals surface area (Å²) in [6.45, 7) is -0.129. The van der Waals surface area contributed by atoms with Crippen molar-refractivity contribution in [2.75, 3.05) is 0 Å². The van der Waals surface area contributed by atoms with Crippen LogP contribution >= 0.6 is 0 Å². The van der Waals surface area contributed by atoms with E-state index < -0.39 is 10.0 Å². The second kappa shape index (κ2) is 5.91. The number of hydrogen-bond donors (Lipinski definition) is 1. The van der Waals surface area contributed by atoms with Crippen molar-refractivity contribution in [1.82, 2.24) is 9.29 Å². The van der Waals surface area contributed by atoms with Gasteiger partial charge in [0, 0.05) is 25.4 Å². The summed E-state index contributed by atoms with van der Waals surface area (Å²) in [6, 6.07) is 11.0. The maximum atomic E-state index is 12.2. The van der Waals surface area contributed by atoms with Crippen LogP contribution in [0.4, 0.5) is 0 Å². The van der Waals surface area contributed by atoms with Crippen molar-refractivity contribution in [2.24, 2.45) is 7.05 Å². The lowest BCUT2D eigenvalue weighted by molar-refractivity contribution is 0.580. The molecule has 0 aliphatic heterocycles. The molecule has 2 aromatic rings. The van der Waals surface area contributed by atoms with Crippen LogP contribution in [-0.4, -0.2) is 13.0 Å². The highest BCUT2D eigenvalue weighted by molar-refractivity contribution is 7.89. The van der Waals surface area contributed by atoms with Crippen molar-refractivity contribution in [2.45, 2.75) is 11.4 Å². The summed E-state index contributed by atoms with van der Waals surface area (Å²) in [5.74, 6) is 0. The molecule has 1 aromatic heterocycles. The summed E-state index contributed by atoms with van der Waals surface area (Å²) in [6.07, 6.45) is 1.59. The van der Waals surface area contributed by atoms with Gasteiger partial charge in [0.25, 0.3) is 5.56 Å². The average Bonchev–Trinajstić information content (AvgIpc) is 2.48. The van der Waals surface area contributed by atoms with Crippen LogP contribution in [0.25, 0.3) is 0 Å². The molecule has 0 saturated carbocycles. The first kappa shape index (κ1) is 15.0. The van der Waals surface area contributed by atoms with Crippen LogP contribution < -0.4 is 10.3 Å². The minimum absolute atomic E-state index is 0.0611. The number of nitriles is 1. The lowest BCUT2D eigenvalue weighted by Gasteiger charge is -2.08. The van der Waals surface area contributed by atoms with Gasteiger partial charge in [0.05, 0.1) is 10.5 Å². The molecule has 7 heteroatoms. The van der Waals surface area contributed by atoms with Gasteiger partial charge in [0.2, 0.25) is 10.0 Å². The predicted molar refractivity (Wildman–Crippen MR) is 76.9 cm³/mol. The molecule has 21 heavy (non-hydrogen) atoms. The van der Waals surface area contributed by atoms with E-state index in [4.69, 9.17) is 5.26 Å². The third-order valence-electron chi connectivity index (χ3n) is 2.95. The highest BCUT2D eigenvalue weighted by Crippen LogP contribution is 2.14. The molecule has 0 aliphatic carbocycles. The van der Waals surface area contributed by atoms with Gasteiger partial charge in [0.1, 0.15) is 6.07 Å². The molecule has 2 rings (SSSR count). The summed E-state index contributed by atoms with van der Waals surface area (Å²) in [4.78, 5) is 11.7. The number of nitrogens with zero attached hydrogens (tertiary/aromatic N) is 2. The lowest BCUT2D eigenvalue weighted by Crippen LogP contribution is -2.29. The Labute approximate surface area is 122 Å². The van der Waals surface area contributed by atoms with Crippen molar-refractivity contribution < 1.29 is 8.42 Å². The van der Waals surface area contributed by atoms with Crippen molar-refractivity contribution in [3.05, 3.63) is 64.1 Å². The fraction of sp³-hybridized carbons (Fsp3) is 0.143. The molecule has 0 bridgehead atoms. The van der Waals surface area contributed by atoms with Gasteiger partial charge in [-0.2, -0.15) is 5.26 Å². The lowest BCUT2D eigenvalue weighted by atomic mass is 10.2. The molecule has 6 nitrogen and oxygen atoms in total. The van der Waals surface area contributed by atoms with E-state index in [0.29, 0.717) is 5.56 Å². The molecule has 0 saturated heterocycles. The molecular formula is C14H13N3O3S.